The molecule has 0 amide bonds. The first-order valence-electron chi connectivity index (χ1n) is 5.76. The van der Waals surface area contributed by atoms with Gasteiger partial charge >= 0.3 is 0 Å². The van der Waals surface area contributed by atoms with Gasteiger partial charge in [0.15, 0.2) is 0 Å². The summed E-state index contributed by atoms with van der Waals surface area (Å²) in [4.78, 5) is 2.72. The molecule has 0 spiro atoms. The van der Waals surface area contributed by atoms with Gasteiger partial charge in [-0.3, -0.25) is 0 Å². The van der Waals surface area contributed by atoms with Crippen LogP contribution in [-0.2, 0) is 5.41 Å². The van der Waals surface area contributed by atoms with Crippen LogP contribution in [0, 0.1) is 0 Å². The molecule has 0 fully saturated rings. The lowest BCUT2D eigenvalue weighted by Gasteiger charge is -2.34. The first-order chi connectivity index (χ1) is 8.48. The molecule has 2 aromatic carbocycles. The molecule has 0 saturated heterocycles. The average Bonchev–Trinajstić information content (AvgIpc) is 2.32. The maximum absolute atomic E-state index is 3.58. The summed E-state index contributed by atoms with van der Waals surface area (Å²) < 4.78 is 2.29. The summed E-state index contributed by atoms with van der Waals surface area (Å²) in [5.74, 6) is 0. The van der Waals surface area contributed by atoms with E-state index in [1.807, 2.05) is 11.8 Å². The Bertz CT molecular complexity index is 579. The van der Waals surface area contributed by atoms with Gasteiger partial charge in [-0.2, -0.15) is 0 Å². The van der Waals surface area contributed by atoms with Gasteiger partial charge in [0.25, 0.3) is 0 Å². The predicted octanol–water partition coefficient (Wildman–Crippen LogP) is 6.00. The molecule has 0 radical (unpaired) electrons. The van der Waals surface area contributed by atoms with Gasteiger partial charge < -0.3 is 0 Å². The Balaban J connectivity index is 2.27. The van der Waals surface area contributed by atoms with Gasteiger partial charge in [0.05, 0.1) is 0 Å². The van der Waals surface area contributed by atoms with E-state index in [4.69, 9.17) is 0 Å². The second-order valence-electron chi connectivity index (χ2n) is 5.01. The fraction of sp³-hybridized carbons (Fsp3) is 0.200. The standard InChI is InChI=1S/C15H12Br2S/c1-15(2)11-7-9(16)3-5-13(11)18-14-6-4-10(17)8-12(14)15/h3-8H,1-2H3. The Morgan fingerprint density at radius 3 is 1.72 bits per heavy atom. The van der Waals surface area contributed by atoms with Crippen molar-refractivity contribution in [3.05, 3.63) is 56.5 Å². The third kappa shape index (κ3) is 1.97. The topological polar surface area (TPSA) is 0 Å². The first-order valence-corrected chi connectivity index (χ1v) is 8.16. The van der Waals surface area contributed by atoms with E-state index < -0.39 is 0 Å². The average molecular weight is 384 g/mol. The molecule has 0 atom stereocenters. The lowest BCUT2D eigenvalue weighted by atomic mass is 9.78. The molecule has 3 rings (SSSR count). The molecule has 1 heterocycles. The highest BCUT2D eigenvalue weighted by Crippen LogP contribution is 2.50. The number of rotatable bonds is 0. The second kappa shape index (κ2) is 4.39. The minimum absolute atomic E-state index is 0.0451. The van der Waals surface area contributed by atoms with Crippen LogP contribution in [0.4, 0.5) is 0 Å². The summed E-state index contributed by atoms with van der Waals surface area (Å²) in [5.41, 5.74) is 2.84. The zero-order valence-corrected chi connectivity index (χ0v) is 14.1. The largest absolute Gasteiger partial charge is 0.0895 e. The number of halogens is 2. The van der Waals surface area contributed by atoms with Crippen molar-refractivity contribution in [3.8, 4) is 0 Å². The van der Waals surface area contributed by atoms with E-state index in [1.54, 1.807) is 0 Å². The summed E-state index contributed by atoms with van der Waals surface area (Å²) in [6.07, 6.45) is 0. The smallest absolute Gasteiger partial charge is 0.0179 e. The molecule has 0 saturated carbocycles. The van der Waals surface area contributed by atoms with E-state index in [1.165, 1.54) is 20.9 Å². The lowest BCUT2D eigenvalue weighted by molar-refractivity contribution is 0.606. The van der Waals surface area contributed by atoms with Gasteiger partial charge in [0, 0.05) is 24.2 Å². The minimum Gasteiger partial charge on any atom is -0.0895 e. The van der Waals surface area contributed by atoms with Crippen molar-refractivity contribution < 1.29 is 0 Å². The fourth-order valence-electron chi connectivity index (χ4n) is 2.42. The highest BCUT2D eigenvalue weighted by atomic mass is 79.9. The highest BCUT2D eigenvalue weighted by molar-refractivity contribution is 9.10. The molecule has 0 bridgehead atoms. The van der Waals surface area contributed by atoms with Gasteiger partial charge in [-0.25, -0.2) is 0 Å². The normalized spacial score (nSPS) is 16.0. The van der Waals surface area contributed by atoms with Crippen molar-refractivity contribution in [2.24, 2.45) is 0 Å². The molecule has 0 aliphatic carbocycles. The first kappa shape index (κ1) is 12.8. The Morgan fingerprint density at radius 2 is 1.28 bits per heavy atom. The van der Waals surface area contributed by atoms with E-state index in [9.17, 15) is 0 Å². The monoisotopic (exact) mass is 382 g/mol. The van der Waals surface area contributed by atoms with E-state index in [2.05, 4.69) is 82.1 Å². The molecule has 0 unspecified atom stereocenters. The third-order valence-corrected chi connectivity index (χ3v) is 5.59. The molecular weight excluding hydrogens is 372 g/mol. The summed E-state index contributed by atoms with van der Waals surface area (Å²) in [6, 6.07) is 13.1. The quantitative estimate of drug-likeness (QED) is 0.537. The third-order valence-electron chi connectivity index (χ3n) is 3.45. The van der Waals surface area contributed by atoms with Crippen LogP contribution in [0.25, 0.3) is 0 Å². The maximum atomic E-state index is 3.58. The predicted molar refractivity (Wildman–Crippen MR) is 84.5 cm³/mol. The number of hydrogen-bond acceptors (Lipinski definition) is 1. The summed E-state index contributed by atoms with van der Waals surface area (Å²) in [7, 11) is 0. The summed E-state index contributed by atoms with van der Waals surface area (Å²) in [5, 5.41) is 0. The Morgan fingerprint density at radius 1 is 0.833 bits per heavy atom. The van der Waals surface area contributed by atoms with Crippen LogP contribution < -0.4 is 0 Å². The molecule has 1 aliphatic heterocycles. The van der Waals surface area contributed by atoms with Gasteiger partial charge in [-0.15, -0.1) is 0 Å². The maximum Gasteiger partial charge on any atom is 0.0179 e. The number of hydrogen-bond donors (Lipinski definition) is 0. The van der Waals surface area contributed by atoms with Crippen molar-refractivity contribution in [3.63, 3.8) is 0 Å². The molecule has 0 nitrogen and oxygen atoms in total. The lowest BCUT2D eigenvalue weighted by Crippen LogP contribution is -2.23. The van der Waals surface area contributed by atoms with Crippen molar-refractivity contribution in [2.75, 3.05) is 0 Å². The molecule has 0 N–H and O–H groups in total. The van der Waals surface area contributed by atoms with Crippen molar-refractivity contribution in [2.45, 2.75) is 29.1 Å². The van der Waals surface area contributed by atoms with Crippen LogP contribution in [0.3, 0.4) is 0 Å². The van der Waals surface area contributed by atoms with E-state index in [0.29, 0.717) is 0 Å². The van der Waals surface area contributed by atoms with Gasteiger partial charge in [0.2, 0.25) is 0 Å². The zero-order valence-electron chi connectivity index (χ0n) is 10.1. The number of benzene rings is 2. The number of fused-ring (bicyclic) bond motifs is 2. The van der Waals surface area contributed by atoms with Gasteiger partial charge in [-0.05, 0) is 47.5 Å². The highest BCUT2D eigenvalue weighted by Gasteiger charge is 2.33. The molecule has 0 aromatic heterocycles. The summed E-state index contributed by atoms with van der Waals surface area (Å²) >= 11 is 9.02. The Hall–Kier alpha value is -0.250. The molecular formula is C15H12Br2S. The van der Waals surface area contributed by atoms with Crippen LogP contribution >= 0.6 is 43.6 Å². The van der Waals surface area contributed by atoms with Crippen LogP contribution in [0.1, 0.15) is 25.0 Å². The van der Waals surface area contributed by atoms with Crippen molar-refractivity contribution in [1.29, 1.82) is 0 Å². The molecule has 2 aromatic rings. The van der Waals surface area contributed by atoms with Crippen molar-refractivity contribution in [1.82, 2.24) is 0 Å². The van der Waals surface area contributed by atoms with Gasteiger partial charge in [-0.1, -0.05) is 57.5 Å². The zero-order chi connectivity index (χ0) is 12.9. The van der Waals surface area contributed by atoms with Crippen LogP contribution in [0.2, 0.25) is 0 Å². The van der Waals surface area contributed by atoms with Crippen molar-refractivity contribution >= 4 is 43.6 Å². The molecule has 92 valence electrons. The minimum atomic E-state index is 0.0451. The van der Waals surface area contributed by atoms with Gasteiger partial charge in [0.1, 0.15) is 0 Å². The Kier molecular flexibility index (Phi) is 3.12. The molecule has 3 heteroatoms. The van der Waals surface area contributed by atoms with Crippen LogP contribution in [-0.4, -0.2) is 0 Å². The Labute approximate surface area is 128 Å². The molecule has 18 heavy (non-hydrogen) atoms. The second-order valence-corrected chi connectivity index (χ2v) is 7.92. The van der Waals surface area contributed by atoms with Crippen LogP contribution in [0.15, 0.2) is 55.1 Å². The van der Waals surface area contributed by atoms with E-state index in [0.717, 1.165) is 8.95 Å². The summed E-state index contributed by atoms with van der Waals surface area (Å²) in [6.45, 7) is 4.59. The fourth-order valence-corrected chi connectivity index (χ4v) is 4.50. The van der Waals surface area contributed by atoms with E-state index >= 15 is 0 Å². The SMILES string of the molecule is CC1(C)c2cc(Br)ccc2Sc2ccc(Br)cc21. The van der Waals surface area contributed by atoms with E-state index in [-0.39, 0.29) is 5.41 Å². The van der Waals surface area contributed by atoms with Crippen LogP contribution in [0.5, 0.6) is 0 Å². The molecule has 1 aliphatic rings.